The average molecular weight is 399 g/mol. The number of rotatable bonds is 8. The van der Waals surface area contributed by atoms with Gasteiger partial charge in [-0.3, -0.25) is 9.20 Å². The minimum absolute atomic E-state index is 0.120. The summed E-state index contributed by atoms with van der Waals surface area (Å²) in [6.45, 7) is 8.81. The van der Waals surface area contributed by atoms with Gasteiger partial charge >= 0.3 is 0 Å². The Morgan fingerprint density at radius 1 is 1.28 bits per heavy atom. The van der Waals surface area contributed by atoms with Crippen LogP contribution in [0.5, 0.6) is 5.75 Å². The normalized spacial score (nSPS) is 13.0. The second kappa shape index (κ2) is 8.23. The number of anilines is 1. The fraction of sp³-hybridized carbons (Fsp3) is 0.524. The summed E-state index contributed by atoms with van der Waals surface area (Å²) < 4.78 is 7.32. The van der Waals surface area contributed by atoms with Crippen molar-refractivity contribution < 1.29 is 9.53 Å². The molecule has 0 aliphatic carbocycles. The zero-order valence-electron chi connectivity index (χ0n) is 17.8. The lowest BCUT2D eigenvalue weighted by Crippen LogP contribution is -2.33. The number of nitrogens with zero attached hydrogens (tertiary/aromatic N) is 4. The summed E-state index contributed by atoms with van der Waals surface area (Å²) >= 11 is 0. The van der Waals surface area contributed by atoms with Gasteiger partial charge in [0.2, 0.25) is 11.6 Å². The van der Waals surface area contributed by atoms with Crippen molar-refractivity contribution in [2.45, 2.75) is 47.0 Å². The third-order valence-electron chi connectivity index (χ3n) is 5.29. The van der Waals surface area contributed by atoms with Crippen LogP contribution in [0.15, 0.2) is 18.2 Å². The van der Waals surface area contributed by atoms with Crippen LogP contribution in [0, 0.1) is 18.3 Å². The molecule has 1 atom stereocenters. The molecule has 2 aromatic heterocycles. The van der Waals surface area contributed by atoms with E-state index in [2.05, 4.69) is 36.3 Å². The Bertz CT molecular complexity index is 1020. The number of benzene rings is 1. The maximum absolute atomic E-state index is 11.7. The number of nitrogens with one attached hydrogen (secondary N) is 1. The molecule has 1 unspecified atom stereocenters. The third kappa shape index (κ3) is 4.41. The molecule has 0 radical (unpaired) electrons. The van der Waals surface area contributed by atoms with Gasteiger partial charge in [0.05, 0.1) is 18.1 Å². The zero-order chi connectivity index (χ0) is 21.2. The molecule has 8 heteroatoms. The summed E-state index contributed by atoms with van der Waals surface area (Å²) in [5, 5.41) is 11.9. The molecule has 1 amide bonds. The summed E-state index contributed by atoms with van der Waals surface area (Å²) in [5.41, 5.74) is 7.89. The van der Waals surface area contributed by atoms with Crippen molar-refractivity contribution in [3.8, 4) is 5.75 Å². The van der Waals surface area contributed by atoms with E-state index in [9.17, 15) is 4.79 Å². The Balaban J connectivity index is 1.73. The van der Waals surface area contributed by atoms with Crippen LogP contribution in [0.2, 0.25) is 0 Å². The molecule has 0 bridgehead atoms. The zero-order valence-corrected chi connectivity index (χ0v) is 17.8. The molecule has 0 fully saturated rings. The Kier molecular flexibility index (Phi) is 5.91. The van der Waals surface area contributed by atoms with Crippen LogP contribution < -0.4 is 15.8 Å². The molecule has 156 valence electrons. The van der Waals surface area contributed by atoms with Crippen LogP contribution in [0.4, 0.5) is 5.82 Å². The summed E-state index contributed by atoms with van der Waals surface area (Å²) in [6.07, 6.45) is 2.59. The third-order valence-corrected chi connectivity index (χ3v) is 5.29. The van der Waals surface area contributed by atoms with Gasteiger partial charge in [-0.1, -0.05) is 27.2 Å². The molecule has 29 heavy (non-hydrogen) atoms. The van der Waals surface area contributed by atoms with Crippen molar-refractivity contribution in [1.82, 2.24) is 19.6 Å². The molecule has 1 aromatic carbocycles. The predicted octanol–water partition coefficient (Wildman–Crippen LogP) is 3.32. The predicted molar refractivity (Wildman–Crippen MR) is 114 cm³/mol. The van der Waals surface area contributed by atoms with E-state index in [1.807, 2.05) is 29.5 Å². The Labute approximate surface area is 170 Å². The smallest absolute Gasteiger partial charge is 0.221 e. The highest BCUT2D eigenvalue weighted by atomic mass is 16.5. The number of hydrogen-bond acceptors (Lipinski definition) is 6. The van der Waals surface area contributed by atoms with Crippen molar-refractivity contribution in [2.75, 3.05) is 19.0 Å². The molecule has 3 aromatic rings. The van der Waals surface area contributed by atoms with E-state index in [1.54, 1.807) is 7.11 Å². The number of aryl methyl sites for hydroxylation is 1. The molecule has 0 spiro atoms. The number of ether oxygens (including phenoxy) is 1. The van der Waals surface area contributed by atoms with Crippen LogP contribution in [0.25, 0.3) is 16.7 Å². The van der Waals surface area contributed by atoms with Gasteiger partial charge in [0.1, 0.15) is 11.6 Å². The molecule has 8 nitrogen and oxygen atoms in total. The quantitative estimate of drug-likeness (QED) is 0.564. The van der Waals surface area contributed by atoms with Crippen molar-refractivity contribution >= 4 is 28.4 Å². The lowest BCUT2D eigenvalue weighted by Gasteiger charge is -2.27. The van der Waals surface area contributed by atoms with Gasteiger partial charge < -0.3 is 15.8 Å². The molecule has 0 saturated heterocycles. The maximum atomic E-state index is 11.7. The van der Waals surface area contributed by atoms with Crippen molar-refractivity contribution in [2.24, 2.45) is 17.1 Å². The second-order valence-electron chi connectivity index (χ2n) is 8.46. The first kappa shape index (κ1) is 20.8. The molecular weight excluding hydrogens is 368 g/mol. The first-order valence-electron chi connectivity index (χ1n) is 9.95. The number of methoxy groups -OCH3 is 1. The lowest BCUT2D eigenvalue weighted by molar-refractivity contribution is -0.125. The molecule has 0 aliphatic heterocycles. The van der Waals surface area contributed by atoms with Gasteiger partial charge in [0, 0.05) is 18.5 Å². The Morgan fingerprint density at radius 3 is 2.69 bits per heavy atom. The van der Waals surface area contributed by atoms with E-state index < -0.39 is 0 Å². The van der Waals surface area contributed by atoms with Crippen molar-refractivity contribution in [3.05, 3.63) is 24.0 Å². The highest BCUT2D eigenvalue weighted by Gasteiger charge is 2.28. The number of amides is 1. The van der Waals surface area contributed by atoms with Gasteiger partial charge in [0.25, 0.3) is 0 Å². The number of fused-ring (bicyclic) bond motifs is 3. The molecule has 2 heterocycles. The number of unbranched alkanes of at least 4 members (excludes halogenated alkanes) is 1. The molecule has 0 aliphatic rings. The van der Waals surface area contributed by atoms with Crippen LogP contribution in [-0.4, -0.2) is 39.1 Å². The highest BCUT2D eigenvalue weighted by molar-refractivity contribution is 5.84. The Hall–Kier alpha value is -2.90. The van der Waals surface area contributed by atoms with E-state index in [-0.39, 0.29) is 17.2 Å². The van der Waals surface area contributed by atoms with Crippen LogP contribution >= 0.6 is 0 Å². The van der Waals surface area contributed by atoms with Crippen molar-refractivity contribution in [1.29, 1.82) is 0 Å². The Morgan fingerprint density at radius 2 is 2.03 bits per heavy atom. The van der Waals surface area contributed by atoms with Gasteiger partial charge in [-0.05, 0) is 37.3 Å². The number of aromatic nitrogens is 4. The topological polar surface area (TPSA) is 107 Å². The number of carbonyl (C=O) groups is 1. The van der Waals surface area contributed by atoms with E-state index in [0.29, 0.717) is 11.5 Å². The number of nitrogens with two attached hydrogens (primary N) is 1. The minimum Gasteiger partial charge on any atom is -0.497 e. The van der Waals surface area contributed by atoms with Gasteiger partial charge in [-0.25, -0.2) is 4.98 Å². The summed E-state index contributed by atoms with van der Waals surface area (Å²) in [7, 11) is 1.64. The first-order chi connectivity index (χ1) is 13.7. The van der Waals surface area contributed by atoms with E-state index in [1.165, 1.54) is 0 Å². The summed E-state index contributed by atoms with van der Waals surface area (Å²) in [5.74, 6) is 1.90. The molecular formula is C21H30N6O2. The SMILES string of the molecule is COc1ccc2nc(NCCCCC(C(N)=O)C(C)(C)C)c3nnc(C)n3c2c1. The van der Waals surface area contributed by atoms with E-state index in [4.69, 9.17) is 15.5 Å². The molecule has 3 N–H and O–H groups in total. The van der Waals surface area contributed by atoms with Gasteiger partial charge in [-0.2, -0.15) is 0 Å². The van der Waals surface area contributed by atoms with Gasteiger partial charge in [0.15, 0.2) is 5.82 Å². The lowest BCUT2D eigenvalue weighted by atomic mass is 9.77. The summed E-state index contributed by atoms with van der Waals surface area (Å²) in [6, 6.07) is 5.76. The standard InChI is InChI=1S/C21H30N6O2/c1-13-25-26-20-19(23-11-7-6-8-15(18(22)28)21(2,3)4)24-16-10-9-14(29-5)12-17(16)27(13)20/h9-10,12,15H,6-8,11H2,1-5H3,(H2,22,28)(H,23,24). The van der Waals surface area contributed by atoms with Crippen LogP contribution in [0.1, 0.15) is 45.9 Å². The number of primary amides is 1. The number of hydrogen-bond donors (Lipinski definition) is 2. The van der Waals surface area contributed by atoms with Crippen molar-refractivity contribution in [3.63, 3.8) is 0 Å². The fourth-order valence-electron chi connectivity index (χ4n) is 3.68. The maximum Gasteiger partial charge on any atom is 0.221 e. The van der Waals surface area contributed by atoms with E-state index >= 15 is 0 Å². The van der Waals surface area contributed by atoms with Crippen LogP contribution in [0.3, 0.4) is 0 Å². The van der Waals surface area contributed by atoms with Crippen LogP contribution in [-0.2, 0) is 4.79 Å². The fourth-order valence-corrected chi connectivity index (χ4v) is 3.68. The second-order valence-corrected chi connectivity index (χ2v) is 8.46. The van der Waals surface area contributed by atoms with Gasteiger partial charge in [-0.15, -0.1) is 10.2 Å². The summed E-state index contributed by atoms with van der Waals surface area (Å²) in [4.78, 5) is 16.4. The van der Waals surface area contributed by atoms with E-state index in [0.717, 1.165) is 48.4 Å². The largest absolute Gasteiger partial charge is 0.497 e. The highest BCUT2D eigenvalue weighted by Crippen LogP contribution is 2.30. The monoisotopic (exact) mass is 398 g/mol. The molecule has 3 rings (SSSR count). The minimum atomic E-state index is -0.224. The molecule has 0 saturated carbocycles. The first-order valence-corrected chi connectivity index (χ1v) is 9.95. The average Bonchev–Trinajstić information content (AvgIpc) is 3.05. The number of carbonyl (C=O) groups excluding carboxylic acids is 1.